The minimum absolute atomic E-state index is 0.254. The Morgan fingerprint density at radius 2 is 1.96 bits per heavy atom. The molecule has 0 aliphatic heterocycles. The highest BCUT2D eigenvalue weighted by Crippen LogP contribution is 2.20. The van der Waals surface area contributed by atoms with Gasteiger partial charge in [0.05, 0.1) is 5.69 Å². The van der Waals surface area contributed by atoms with Crippen LogP contribution in [0.15, 0.2) is 47.0 Å². The Morgan fingerprint density at radius 3 is 2.61 bits per heavy atom. The number of nitrogens with one attached hydrogen (secondary N) is 1. The number of amides is 1. The molecule has 148 valence electrons. The van der Waals surface area contributed by atoms with E-state index >= 15 is 0 Å². The largest absolute Gasteiger partial charge is 0.486 e. The van der Waals surface area contributed by atoms with Crippen LogP contribution in [0.1, 0.15) is 59.8 Å². The second-order valence-electron chi connectivity index (χ2n) is 7.06. The molecule has 0 fully saturated rings. The number of aromatic nitrogens is 2. The number of nitrogens with zero attached hydrogens (tertiary/aromatic N) is 2. The van der Waals surface area contributed by atoms with Crippen LogP contribution in [0, 0.1) is 6.92 Å². The van der Waals surface area contributed by atoms with Gasteiger partial charge in [-0.25, -0.2) is 0 Å². The number of aryl methyl sites for hydroxylation is 2. The summed E-state index contributed by atoms with van der Waals surface area (Å²) in [5.74, 6) is 1.88. The molecule has 2 aromatic heterocycles. The van der Waals surface area contributed by atoms with E-state index in [4.69, 9.17) is 9.15 Å². The number of benzene rings is 1. The maximum Gasteiger partial charge on any atom is 0.287 e. The summed E-state index contributed by atoms with van der Waals surface area (Å²) < 4.78 is 13.2. The third-order valence-corrected chi connectivity index (χ3v) is 4.62. The lowest BCUT2D eigenvalue weighted by Gasteiger charge is -2.08. The van der Waals surface area contributed by atoms with Crippen LogP contribution in [0.2, 0.25) is 0 Å². The van der Waals surface area contributed by atoms with Crippen molar-refractivity contribution in [1.82, 2.24) is 15.1 Å². The van der Waals surface area contributed by atoms with Crippen LogP contribution in [0.5, 0.6) is 5.75 Å². The van der Waals surface area contributed by atoms with Crippen molar-refractivity contribution < 1.29 is 13.9 Å². The van der Waals surface area contributed by atoms with E-state index in [1.165, 1.54) is 5.56 Å². The minimum Gasteiger partial charge on any atom is -0.486 e. The van der Waals surface area contributed by atoms with Crippen molar-refractivity contribution >= 4 is 5.91 Å². The van der Waals surface area contributed by atoms with Crippen molar-refractivity contribution in [3.8, 4) is 5.75 Å². The first-order chi connectivity index (χ1) is 13.5. The summed E-state index contributed by atoms with van der Waals surface area (Å²) in [7, 11) is 0. The van der Waals surface area contributed by atoms with E-state index in [1.807, 2.05) is 36.9 Å². The van der Waals surface area contributed by atoms with Crippen LogP contribution in [0.25, 0.3) is 0 Å². The summed E-state index contributed by atoms with van der Waals surface area (Å²) in [6, 6.07) is 11.4. The highest BCUT2D eigenvalue weighted by Gasteiger charge is 2.13. The second-order valence-corrected chi connectivity index (χ2v) is 7.06. The number of hydrogen-bond donors (Lipinski definition) is 1. The smallest absolute Gasteiger partial charge is 0.287 e. The lowest BCUT2D eigenvalue weighted by Crippen LogP contribution is -2.22. The van der Waals surface area contributed by atoms with Gasteiger partial charge in [0.1, 0.15) is 18.1 Å². The molecule has 0 saturated carbocycles. The molecule has 0 spiro atoms. The van der Waals surface area contributed by atoms with Crippen molar-refractivity contribution in [1.29, 1.82) is 0 Å². The normalized spacial score (nSPS) is 11.0. The molecule has 0 unspecified atom stereocenters. The van der Waals surface area contributed by atoms with Crippen molar-refractivity contribution in [3.05, 3.63) is 70.9 Å². The fraction of sp³-hybridized carbons (Fsp3) is 0.364. The number of rotatable bonds is 8. The van der Waals surface area contributed by atoms with Crippen molar-refractivity contribution in [2.24, 2.45) is 0 Å². The summed E-state index contributed by atoms with van der Waals surface area (Å²) in [5, 5.41) is 7.25. The fourth-order valence-corrected chi connectivity index (χ4v) is 2.84. The van der Waals surface area contributed by atoms with Gasteiger partial charge in [0, 0.05) is 24.8 Å². The topological polar surface area (TPSA) is 69.3 Å². The molecule has 3 aromatic rings. The predicted octanol–water partition coefficient (Wildman–Crippen LogP) is 4.44. The molecule has 6 nitrogen and oxygen atoms in total. The molecule has 0 bridgehead atoms. The SMILES string of the molecule is CCn1cc(CNC(=O)c2ccc(COc3ccc(C(C)C)cc3)o2)c(C)n1. The van der Waals surface area contributed by atoms with E-state index in [-0.39, 0.29) is 18.3 Å². The Hall–Kier alpha value is -3.02. The van der Waals surface area contributed by atoms with Gasteiger partial charge in [0.2, 0.25) is 0 Å². The van der Waals surface area contributed by atoms with Crippen LogP contribution in [0.4, 0.5) is 0 Å². The highest BCUT2D eigenvalue weighted by atomic mass is 16.5. The molecule has 0 atom stereocenters. The average molecular weight is 381 g/mol. The molecule has 0 aliphatic rings. The van der Waals surface area contributed by atoms with E-state index in [1.54, 1.807) is 12.1 Å². The molecule has 1 amide bonds. The first-order valence-electron chi connectivity index (χ1n) is 9.59. The van der Waals surface area contributed by atoms with Gasteiger partial charge in [-0.15, -0.1) is 0 Å². The van der Waals surface area contributed by atoms with E-state index in [0.717, 1.165) is 23.6 Å². The monoisotopic (exact) mass is 381 g/mol. The molecular weight excluding hydrogens is 354 g/mol. The van der Waals surface area contributed by atoms with Crippen LogP contribution in [0.3, 0.4) is 0 Å². The van der Waals surface area contributed by atoms with E-state index in [0.29, 0.717) is 18.2 Å². The third kappa shape index (κ3) is 4.82. The zero-order valence-corrected chi connectivity index (χ0v) is 16.9. The van der Waals surface area contributed by atoms with Gasteiger partial charge in [-0.2, -0.15) is 5.10 Å². The standard InChI is InChI=1S/C22H27N3O3/c1-5-25-13-18(16(4)24-25)12-23-22(26)21-11-10-20(28-21)14-27-19-8-6-17(7-9-19)15(2)3/h6-11,13,15H,5,12,14H2,1-4H3,(H,23,26). The molecular formula is C22H27N3O3. The van der Waals surface area contributed by atoms with Gasteiger partial charge in [-0.3, -0.25) is 9.48 Å². The van der Waals surface area contributed by atoms with Gasteiger partial charge < -0.3 is 14.5 Å². The first kappa shape index (κ1) is 19.7. The molecule has 0 saturated heterocycles. The first-order valence-corrected chi connectivity index (χ1v) is 9.59. The van der Waals surface area contributed by atoms with Gasteiger partial charge >= 0.3 is 0 Å². The molecule has 1 N–H and O–H groups in total. The third-order valence-electron chi connectivity index (χ3n) is 4.62. The van der Waals surface area contributed by atoms with E-state index < -0.39 is 0 Å². The van der Waals surface area contributed by atoms with E-state index in [9.17, 15) is 4.79 Å². The number of ether oxygens (including phenoxy) is 1. The number of hydrogen-bond acceptors (Lipinski definition) is 4. The molecule has 0 aliphatic carbocycles. The number of furan rings is 1. The molecule has 28 heavy (non-hydrogen) atoms. The number of carbonyl (C=O) groups excluding carboxylic acids is 1. The summed E-state index contributed by atoms with van der Waals surface area (Å²) in [6.07, 6.45) is 1.95. The summed E-state index contributed by atoms with van der Waals surface area (Å²) in [4.78, 5) is 12.3. The highest BCUT2D eigenvalue weighted by molar-refractivity contribution is 5.91. The van der Waals surface area contributed by atoms with Gasteiger partial charge in [0.25, 0.3) is 5.91 Å². The lowest BCUT2D eigenvalue weighted by atomic mass is 10.0. The molecule has 3 rings (SSSR count). The predicted molar refractivity (Wildman–Crippen MR) is 107 cm³/mol. The van der Waals surface area contributed by atoms with Gasteiger partial charge in [-0.05, 0) is 49.6 Å². The molecule has 1 aromatic carbocycles. The van der Waals surface area contributed by atoms with Gasteiger partial charge in [-0.1, -0.05) is 26.0 Å². The lowest BCUT2D eigenvalue weighted by molar-refractivity contribution is 0.0919. The fourth-order valence-electron chi connectivity index (χ4n) is 2.84. The molecule has 6 heteroatoms. The van der Waals surface area contributed by atoms with Crippen LogP contribution in [-0.4, -0.2) is 15.7 Å². The Morgan fingerprint density at radius 1 is 1.21 bits per heavy atom. The average Bonchev–Trinajstić information content (AvgIpc) is 3.31. The summed E-state index contributed by atoms with van der Waals surface area (Å²) in [5.41, 5.74) is 3.18. The second kappa shape index (κ2) is 8.78. The molecule has 0 radical (unpaired) electrons. The van der Waals surface area contributed by atoms with Crippen molar-refractivity contribution in [2.45, 2.75) is 53.3 Å². The van der Waals surface area contributed by atoms with Crippen molar-refractivity contribution in [3.63, 3.8) is 0 Å². The van der Waals surface area contributed by atoms with Crippen LogP contribution < -0.4 is 10.1 Å². The van der Waals surface area contributed by atoms with Crippen LogP contribution in [-0.2, 0) is 19.7 Å². The summed E-state index contributed by atoms with van der Waals surface area (Å²) >= 11 is 0. The Labute approximate surface area is 165 Å². The maximum atomic E-state index is 12.3. The number of carbonyl (C=O) groups is 1. The van der Waals surface area contributed by atoms with Crippen LogP contribution >= 0.6 is 0 Å². The zero-order valence-electron chi connectivity index (χ0n) is 16.9. The van der Waals surface area contributed by atoms with E-state index in [2.05, 4.69) is 36.4 Å². The van der Waals surface area contributed by atoms with Gasteiger partial charge in [0.15, 0.2) is 5.76 Å². The maximum absolute atomic E-state index is 12.3. The Bertz CT molecular complexity index is 923. The molecule has 2 heterocycles. The Balaban J connectivity index is 1.52. The quantitative estimate of drug-likeness (QED) is 0.626. The summed E-state index contributed by atoms with van der Waals surface area (Å²) in [6.45, 7) is 9.77. The Kier molecular flexibility index (Phi) is 6.19. The minimum atomic E-state index is -0.254. The zero-order chi connectivity index (χ0) is 20.1. The van der Waals surface area contributed by atoms with Crippen molar-refractivity contribution in [2.75, 3.05) is 0 Å².